The minimum atomic E-state index is -0.197. The van der Waals surface area contributed by atoms with E-state index >= 15 is 0 Å². The van der Waals surface area contributed by atoms with Crippen molar-refractivity contribution in [3.8, 4) is 5.75 Å². The Bertz CT molecular complexity index is 693. The molecule has 0 spiro atoms. The van der Waals surface area contributed by atoms with E-state index in [0.29, 0.717) is 12.0 Å². The molecule has 0 radical (unpaired) electrons. The van der Waals surface area contributed by atoms with Crippen LogP contribution in [-0.4, -0.2) is 18.7 Å². The van der Waals surface area contributed by atoms with Crippen molar-refractivity contribution in [1.82, 2.24) is 5.43 Å². The number of carbonyl (C=O) groups is 1. The summed E-state index contributed by atoms with van der Waals surface area (Å²) in [4.78, 5) is 12.1. The number of benzene rings is 2. The average Bonchev–Trinajstić information content (AvgIpc) is 2.53. The van der Waals surface area contributed by atoms with Gasteiger partial charge in [-0.05, 0) is 37.1 Å². The molecule has 0 saturated carbocycles. The van der Waals surface area contributed by atoms with E-state index in [1.807, 2.05) is 56.3 Å². The van der Waals surface area contributed by atoms with Crippen LogP contribution in [0.15, 0.2) is 53.6 Å². The van der Waals surface area contributed by atoms with Gasteiger partial charge in [0.05, 0.1) is 7.11 Å². The number of carbonyl (C=O) groups excluding carboxylic acids is 1. The lowest BCUT2D eigenvalue weighted by molar-refractivity contribution is 0.0954. The van der Waals surface area contributed by atoms with Crippen molar-refractivity contribution < 1.29 is 9.53 Å². The van der Waals surface area contributed by atoms with E-state index < -0.39 is 0 Å². The lowest BCUT2D eigenvalue weighted by Crippen LogP contribution is -2.20. The summed E-state index contributed by atoms with van der Waals surface area (Å²) in [6.07, 6.45) is 0.623. The molecular weight excluding hydrogens is 276 g/mol. The molecule has 0 unspecified atom stereocenters. The van der Waals surface area contributed by atoms with Crippen LogP contribution < -0.4 is 10.2 Å². The van der Waals surface area contributed by atoms with Crippen molar-refractivity contribution in [3.63, 3.8) is 0 Å². The molecule has 0 aliphatic rings. The van der Waals surface area contributed by atoms with E-state index in [1.165, 1.54) is 0 Å². The van der Waals surface area contributed by atoms with Crippen LogP contribution in [0.25, 0.3) is 0 Å². The van der Waals surface area contributed by atoms with Gasteiger partial charge in [-0.1, -0.05) is 36.4 Å². The first-order valence-electron chi connectivity index (χ1n) is 7.13. The number of hydrogen-bond donors (Lipinski definition) is 1. The van der Waals surface area contributed by atoms with Gasteiger partial charge in [-0.3, -0.25) is 4.79 Å². The standard InChI is InChI=1S/C18H20N2O2/c1-13-8-4-6-10-16(13)18(21)20-19-14(2)12-15-9-5-7-11-17(15)22-3/h4-11H,12H2,1-3H3,(H,20,21)/b19-14-. The highest BCUT2D eigenvalue weighted by Gasteiger charge is 2.08. The molecule has 0 aliphatic carbocycles. The minimum Gasteiger partial charge on any atom is -0.496 e. The number of aryl methyl sites for hydroxylation is 1. The SMILES string of the molecule is COc1ccccc1C/C(C)=N\NC(=O)c1ccccc1C. The third kappa shape index (κ3) is 3.95. The summed E-state index contributed by atoms with van der Waals surface area (Å²) in [5.74, 6) is 0.625. The highest BCUT2D eigenvalue weighted by Crippen LogP contribution is 2.18. The number of rotatable bonds is 5. The maximum absolute atomic E-state index is 12.1. The third-order valence-electron chi connectivity index (χ3n) is 3.38. The number of nitrogens with one attached hydrogen (secondary N) is 1. The van der Waals surface area contributed by atoms with Crippen LogP contribution in [0.4, 0.5) is 0 Å². The van der Waals surface area contributed by atoms with Crippen LogP contribution in [0.5, 0.6) is 5.75 Å². The Kier molecular flexibility index (Phi) is 5.31. The zero-order valence-corrected chi connectivity index (χ0v) is 13.1. The summed E-state index contributed by atoms with van der Waals surface area (Å²) < 4.78 is 5.31. The molecule has 0 saturated heterocycles. The van der Waals surface area contributed by atoms with Crippen LogP contribution in [0.1, 0.15) is 28.4 Å². The first kappa shape index (κ1) is 15.8. The Hall–Kier alpha value is -2.62. The van der Waals surface area contributed by atoms with E-state index in [-0.39, 0.29) is 5.91 Å². The Morgan fingerprint density at radius 1 is 1.14 bits per heavy atom. The maximum Gasteiger partial charge on any atom is 0.271 e. The number of ether oxygens (including phenoxy) is 1. The molecule has 0 aromatic heterocycles. The monoisotopic (exact) mass is 296 g/mol. The Labute approximate surface area is 130 Å². The molecule has 0 fully saturated rings. The Morgan fingerprint density at radius 3 is 2.55 bits per heavy atom. The van der Waals surface area contributed by atoms with Crippen molar-refractivity contribution in [3.05, 3.63) is 65.2 Å². The van der Waals surface area contributed by atoms with Crippen molar-refractivity contribution in [2.45, 2.75) is 20.3 Å². The number of nitrogens with zero attached hydrogens (tertiary/aromatic N) is 1. The van der Waals surface area contributed by atoms with Gasteiger partial charge in [0.25, 0.3) is 5.91 Å². The summed E-state index contributed by atoms with van der Waals surface area (Å²) in [5, 5.41) is 4.17. The highest BCUT2D eigenvalue weighted by atomic mass is 16.5. The van der Waals surface area contributed by atoms with Crippen molar-refractivity contribution in [2.24, 2.45) is 5.10 Å². The molecule has 4 heteroatoms. The number of amides is 1. The van der Waals surface area contributed by atoms with E-state index in [1.54, 1.807) is 13.2 Å². The van der Waals surface area contributed by atoms with Crippen LogP contribution in [0.2, 0.25) is 0 Å². The molecule has 114 valence electrons. The van der Waals surface area contributed by atoms with E-state index in [4.69, 9.17) is 4.74 Å². The number of methoxy groups -OCH3 is 1. The van der Waals surface area contributed by atoms with Gasteiger partial charge in [0.1, 0.15) is 5.75 Å². The summed E-state index contributed by atoms with van der Waals surface area (Å²) >= 11 is 0. The van der Waals surface area contributed by atoms with E-state index in [2.05, 4.69) is 10.5 Å². The Morgan fingerprint density at radius 2 is 1.82 bits per heavy atom. The highest BCUT2D eigenvalue weighted by molar-refractivity contribution is 5.96. The van der Waals surface area contributed by atoms with Crippen molar-refractivity contribution >= 4 is 11.6 Å². The number of hydrazone groups is 1. The lowest BCUT2D eigenvalue weighted by Gasteiger charge is -2.08. The molecule has 0 heterocycles. The van der Waals surface area contributed by atoms with Gasteiger partial charge in [0.2, 0.25) is 0 Å². The van der Waals surface area contributed by atoms with Crippen LogP contribution in [-0.2, 0) is 6.42 Å². The molecule has 0 aliphatic heterocycles. The minimum absolute atomic E-state index is 0.197. The molecule has 1 N–H and O–H groups in total. The van der Waals surface area contributed by atoms with Gasteiger partial charge in [-0.25, -0.2) is 5.43 Å². The normalized spacial score (nSPS) is 11.1. The summed E-state index contributed by atoms with van der Waals surface area (Å²) in [6.45, 7) is 3.78. The van der Waals surface area contributed by atoms with Gasteiger partial charge in [0, 0.05) is 17.7 Å². The summed E-state index contributed by atoms with van der Waals surface area (Å²) in [7, 11) is 1.64. The van der Waals surface area contributed by atoms with Gasteiger partial charge in [-0.15, -0.1) is 0 Å². The zero-order valence-electron chi connectivity index (χ0n) is 13.1. The van der Waals surface area contributed by atoms with E-state index in [0.717, 1.165) is 22.6 Å². The number of hydrogen-bond acceptors (Lipinski definition) is 3. The fourth-order valence-corrected chi connectivity index (χ4v) is 2.20. The Balaban J connectivity index is 2.04. The number of para-hydroxylation sites is 1. The first-order valence-corrected chi connectivity index (χ1v) is 7.13. The van der Waals surface area contributed by atoms with Gasteiger partial charge in [-0.2, -0.15) is 5.10 Å². The molecule has 4 nitrogen and oxygen atoms in total. The molecule has 2 aromatic rings. The zero-order chi connectivity index (χ0) is 15.9. The summed E-state index contributed by atoms with van der Waals surface area (Å²) in [5.41, 5.74) is 6.02. The average molecular weight is 296 g/mol. The van der Waals surface area contributed by atoms with Gasteiger partial charge >= 0.3 is 0 Å². The lowest BCUT2D eigenvalue weighted by atomic mass is 10.1. The van der Waals surface area contributed by atoms with Gasteiger partial charge in [0.15, 0.2) is 0 Å². The largest absolute Gasteiger partial charge is 0.496 e. The molecule has 1 amide bonds. The van der Waals surface area contributed by atoms with E-state index in [9.17, 15) is 4.79 Å². The second-order valence-electron chi connectivity index (χ2n) is 5.09. The van der Waals surface area contributed by atoms with Crippen LogP contribution in [0.3, 0.4) is 0 Å². The quantitative estimate of drug-likeness (QED) is 0.679. The smallest absolute Gasteiger partial charge is 0.271 e. The summed E-state index contributed by atoms with van der Waals surface area (Å²) in [6, 6.07) is 15.2. The van der Waals surface area contributed by atoms with Crippen molar-refractivity contribution in [1.29, 1.82) is 0 Å². The first-order chi connectivity index (χ1) is 10.6. The van der Waals surface area contributed by atoms with Gasteiger partial charge < -0.3 is 4.74 Å². The second-order valence-corrected chi connectivity index (χ2v) is 5.09. The topological polar surface area (TPSA) is 50.7 Å². The van der Waals surface area contributed by atoms with Crippen molar-refractivity contribution in [2.75, 3.05) is 7.11 Å². The fraction of sp³-hybridized carbons (Fsp3) is 0.222. The molecule has 2 rings (SSSR count). The maximum atomic E-state index is 12.1. The van der Waals surface area contributed by atoms with Crippen LogP contribution >= 0.6 is 0 Å². The molecular formula is C18H20N2O2. The third-order valence-corrected chi connectivity index (χ3v) is 3.38. The predicted octanol–water partition coefficient (Wildman–Crippen LogP) is 3.35. The van der Waals surface area contributed by atoms with Crippen LogP contribution in [0, 0.1) is 6.92 Å². The molecule has 0 bridgehead atoms. The molecule has 2 aromatic carbocycles. The fourth-order valence-electron chi connectivity index (χ4n) is 2.20. The predicted molar refractivity (Wildman–Crippen MR) is 88.5 cm³/mol. The second kappa shape index (κ2) is 7.41. The molecule has 22 heavy (non-hydrogen) atoms. The molecule has 0 atom stereocenters.